The van der Waals surface area contributed by atoms with Gasteiger partial charge in [0.2, 0.25) is 5.91 Å². The number of ether oxygens (including phenoxy) is 2. The van der Waals surface area contributed by atoms with Gasteiger partial charge in [0.05, 0.1) is 18.4 Å². The molecule has 0 aliphatic rings. The molecule has 0 aliphatic heterocycles. The predicted molar refractivity (Wildman–Crippen MR) is 150 cm³/mol. The van der Waals surface area contributed by atoms with Gasteiger partial charge in [-0.2, -0.15) is 0 Å². The normalized spacial score (nSPS) is 10.7. The highest BCUT2D eigenvalue weighted by molar-refractivity contribution is 7.99. The number of aromatic nitrogens is 3. The molecule has 7 nitrogen and oxygen atoms in total. The molecule has 0 spiro atoms. The predicted octanol–water partition coefficient (Wildman–Crippen LogP) is 6.25. The maximum atomic E-state index is 12.8. The number of thioether (sulfide) groups is 1. The Bertz CT molecular complexity index is 1490. The zero-order valence-corrected chi connectivity index (χ0v) is 21.6. The van der Waals surface area contributed by atoms with Crippen LogP contribution in [0.15, 0.2) is 114 Å². The van der Waals surface area contributed by atoms with E-state index < -0.39 is 0 Å². The van der Waals surface area contributed by atoms with E-state index in [2.05, 4.69) is 15.5 Å². The number of nitrogens with zero attached hydrogens (tertiary/aromatic N) is 3. The number of para-hydroxylation sites is 2. The van der Waals surface area contributed by atoms with E-state index in [1.165, 1.54) is 11.8 Å². The Labute approximate surface area is 225 Å². The number of hydrogen-bond donors (Lipinski definition) is 1. The van der Waals surface area contributed by atoms with Gasteiger partial charge >= 0.3 is 0 Å². The highest BCUT2D eigenvalue weighted by Crippen LogP contribution is 2.33. The van der Waals surface area contributed by atoms with Crippen molar-refractivity contribution in [3.05, 3.63) is 115 Å². The van der Waals surface area contributed by atoms with Crippen molar-refractivity contribution < 1.29 is 14.3 Å². The standard InChI is InChI=1S/C30H26N4O3S/c1-36-27-15-9-8-14-26(27)29-32-33-30(34(29)24-12-6-3-7-13-24)38-21-28(35)31-23-16-18-25(19-17-23)37-20-22-10-4-2-5-11-22/h2-19H,20-21H2,1H3,(H,31,35). The summed E-state index contributed by atoms with van der Waals surface area (Å²) in [5.74, 6) is 2.10. The van der Waals surface area contributed by atoms with Crippen LogP contribution in [0.3, 0.4) is 0 Å². The van der Waals surface area contributed by atoms with E-state index in [0.29, 0.717) is 29.0 Å². The number of hydrogen-bond acceptors (Lipinski definition) is 6. The molecule has 0 unspecified atom stereocenters. The Morgan fingerprint density at radius 2 is 1.53 bits per heavy atom. The van der Waals surface area contributed by atoms with E-state index in [-0.39, 0.29) is 11.7 Å². The fourth-order valence-electron chi connectivity index (χ4n) is 3.88. The average molecular weight is 523 g/mol. The van der Waals surface area contributed by atoms with Crippen molar-refractivity contribution in [2.75, 3.05) is 18.2 Å². The van der Waals surface area contributed by atoms with Gasteiger partial charge in [0.25, 0.3) is 0 Å². The lowest BCUT2D eigenvalue weighted by Gasteiger charge is -2.12. The van der Waals surface area contributed by atoms with Crippen LogP contribution in [0.25, 0.3) is 17.1 Å². The second kappa shape index (κ2) is 12.1. The molecule has 1 amide bonds. The minimum absolute atomic E-state index is 0.144. The summed E-state index contributed by atoms with van der Waals surface area (Å²) < 4.78 is 13.3. The quantitative estimate of drug-likeness (QED) is 0.218. The minimum Gasteiger partial charge on any atom is -0.496 e. The second-order valence-electron chi connectivity index (χ2n) is 8.31. The number of carbonyl (C=O) groups is 1. The Morgan fingerprint density at radius 1 is 0.842 bits per heavy atom. The van der Waals surface area contributed by atoms with Crippen molar-refractivity contribution in [2.45, 2.75) is 11.8 Å². The van der Waals surface area contributed by atoms with E-state index in [1.807, 2.05) is 114 Å². The Morgan fingerprint density at radius 3 is 2.26 bits per heavy atom. The fraction of sp³-hybridized carbons (Fsp3) is 0.100. The van der Waals surface area contributed by atoms with Crippen LogP contribution in [0.4, 0.5) is 5.69 Å². The van der Waals surface area contributed by atoms with Gasteiger partial charge in [-0.15, -0.1) is 10.2 Å². The van der Waals surface area contributed by atoms with Gasteiger partial charge in [0.1, 0.15) is 18.1 Å². The average Bonchev–Trinajstić information content (AvgIpc) is 3.40. The van der Waals surface area contributed by atoms with Gasteiger partial charge in [-0.05, 0) is 54.1 Å². The number of carbonyl (C=O) groups excluding carboxylic acids is 1. The first-order valence-corrected chi connectivity index (χ1v) is 13.0. The van der Waals surface area contributed by atoms with Crippen molar-refractivity contribution in [3.8, 4) is 28.6 Å². The Balaban J connectivity index is 1.26. The number of anilines is 1. The van der Waals surface area contributed by atoms with Crippen LogP contribution < -0.4 is 14.8 Å². The lowest BCUT2D eigenvalue weighted by atomic mass is 10.2. The highest BCUT2D eigenvalue weighted by atomic mass is 32.2. The van der Waals surface area contributed by atoms with Crippen LogP contribution in [0.2, 0.25) is 0 Å². The minimum atomic E-state index is -0.144. The molecule has 4 aromatic carbocycles. The topological polar surface area (TPSA) is 78.3 Å². The molecule has 0 aliphatic carbocycles. The van der Waals surface area contributed by atoms with Crippen LogP contribution in [0, 0.1) is 0 Å². The van der Waals surface area contributed by atoms with Crippen LogP contribution >= 0.6 is 11.8 Å². The molecule has 5 rings (SSSR count). The lowest BCUT2D eigenvalue weighted by molar-refractivity contribution is -0.113. The van der Waals surface area contributed by atoms with Crippen LogP contribution in [-0.2, 0) is 11.4 Å². The molecule has 190 valence electrons. The van der Waals surface area contributed by atoms with E-state index in [0.717, 1.165) is 22.6 Å². The zero-order chi connectivity index (χ0) is 26.2. The van der Waals surface area contributed by atoms with Gasteiger partial charge < -0.3 is 14.8 Å². The van der Waals surface area contributed by atoms with Gasteiger partial charge in [0, 0.05) is 11.4 Å². The molecule has 0 saturated carbocycles. The Hall–Kier alpha value is -4.56. The third kappa shape index (κ3) is 6.04. The molecule has 1 N–H and O–H groups in total. The molecule has 0 saturated heterocycles. The summed E-state index contributed by atoms with van der Waals surface area (Å²) in [6, 6.07) is 34.8. The van der Waals surface area contributed by atoms with Crippen LogP contribution in [0.5, 0.6) is 11.5 Å². The molecule has 5 aromatic rings. The van der Waals surface area contributed by atoms with E-state index >= 15 is 0 Å². The van der Waals surface area contributed by atoms with Crippen molar-refractivity contribution in [1.82, 2.24) is 14.8 Å². The first-order chi connectivity index (χ1) is 18.7. The molecule has 1 heterocycles. The number of nitrogens with one attached hydrogen (secondary N) is 1. The molecule has 0 bridgehead atoms. The molecular formula is C30H26N4O3S. The summed E-state index contributed by atoms with van der Waals surface area (Å²) in [6.07, 6.45) is 0. The molecule has 1 aromatic heterocycles. The first-order valence-electron chi connectivity index (χ1n) is 12.0. The summed E-state index contributed by atoms with van der Waals surface area (Å²) >= 11 is 1.32. The monoisotopic (exact) mass is 522 g/mol. The number of methoxy groups -OCH3 is 1. The maximum absolute atomic E-state index is 12.8. The lowest BCUT2D eigenvalue weighted by Crippen LogP contribution is -2.14. The molecule has 8 heteroatoms. The fourth-order valence-corrected chi connectivity index (χ4v) is 4.63. The Kier molecular flexibility index (Phi) is 8.01. The first kappa shape index (κ1) is 25.1. The van der Waals surface area contributed by atoms with E-state index in [1.54, 1.807) is 7.11 Å². The molecule has 0 fully saturated rings. The molecule has 0 radical (unpaired) electrons. The molecule has 0 atom stereocenters. The molecule has 38 heavy (non-hydrogen) atoms. The highest BCUT2D eigenvalue weighted by Gasteiger charge is 2.19. The van der Waals surface area contributed by atoms with Gasteiger partial charge in [-0.25, -0.2) is 0 Å². The van der Waals surface area contributed by atoms with Crippen molar-refractivity contribution in [1.29, 1.82) is 0 Å². The van der Waals surface area contributed by atoms with Crippen molar-refractivity contribution >= 4 is 23.4 Å². The largest absolute Gasteiger partial charge is 0.496 e. The van der Waals surface area contributed by atoms with Crippen LogP contribution in [0.1, 0.15) is 5.56 Å². The smallest absolute Gasteiger partial charge is 0.234 e. The third-order valence-electron chi connectivity index (χ3n) is 5.71. The SMILES string of the molecule is COc1ccccc1-c1nnc(SCC(=O)Nc2ccc(OCc3ccccc3)cc2)n1-c1ccccc1. The zero-order valence-electron chi connectivity index (χ0n) is 20.8. The summed E-state index contributed by atoms with van der Waals surface area (Å²) in [5.41, 5.74) is 3.51. The van der Waals surface area contributed by atoms with Crippen LogP contribution in [-0.4, -0.2) is 33.5 Å². The van der Waals surface area contributed by atoms with Gasteiger partial charge in [-0.1, -0.05) is 72.4 Å². The van der Waals surface area contributed by atoms with Gasteiger partial charge in [-0.3, -0.25) is 9.36 Å². The third-order valence-corrected chi connectivity index (χ3v) is 6.64. The van der Waals surface area contributed by atoms with Gasteiger partial charge in [0.15, 0.2) is 11.0 Å². The second-order valence-corrected chi connectivity index (χ2v) is 9.26. The van der Waals surface area contributed by atoms with Crippen molar-refractivity contribution in [3.63, 3.8) is 0 Å². The summed E-state index contributed by atoms with van der Waals surface area (Å²) in [7, 11) is 1.63. The summed E-state index contributed by atoms with van der Waals surface area (Å²) in [6.45, 7) is 0.488. The van der Waals surface area contributed by atoms with E-state index in [9.17, 15) is 4.79 Å². The van der Waals surface area contributed by atoms with Crippen molar-refractivity contribution in [2.24, 2.45) is 0 Å². The molecular weight excluding hydrogens is 496 g/mol. The number of rotatable bonds is 10. The summed E-state index contributed by atoms with van der Waals surface area (Å²) in [4.78, 5) is 12.8. The number of amides is 1. The number of benzene rings is 4. The summed E-state index contributed by atoms with van der Waals surface area (Å²) in [5, 5.41) is 12.4. The maximum Gasteiger partial charge on any atom is 0.234 e. The van der Waals surface area contributed by atoms with E-state index in [4.69, 9.17) is 9.47 Å².